The second kappa shape index (κ2) is 7.93. The van der Waals surface area contributed by atoms with Crippen LogP contribution < -0.4 is 5.32 Å². The molecule has 22 heavy (non-hydrogen) atoms. The molecular weight excluding hydrogens is 298 g/mol. The van der Waals surface area contributed by atoms with E-state index in [4.69, 9.17) is 0 Å². The maximum absolute atomic E-state index is 11.9. The van der Waals surface area contributed by atoms with Crippen molar-refractivity contribution >= 4 is 17.7 Å². The van der Waals surface area contributed by atoms with Crippen LogP contribution in [0.5, 0.6) is 0 Å². The Balaban J connectivity index is 2.25. The van der Waals surface area contributed by atoms with E-state index < -0.39 is 0 Å². The van der Waals surface area contributed by atoms with E-state index in [1.807, 2.05) is 26.0 Å². The van der Waals surface area contributed by atoms with Crippen molar-refractivity contribution in [1.29, 1.82) is 0 Å². The van der Waals surface area contributed by atoms with Crippen molar-refractivity contribution in [3.63, 3.8) is 0 Å². The number of carbonyl (C=O) groups is 1. The third-order valence-electron chi connectivity index (χ3n) is 3.10. The molecule has 0 radical (unpaired) electrons. The summed E-state index contributed by atoms with van der Waals surface area (Å²) in [7, 11) is 0. The Labute approximate surface area is 134 Å². The van der Waals surface area contributed by atoms with E-state index in [-0.39, 0.29) is 11.2 Å². The highest BCUT2D eigenvalue weighted by Gasteiger charge is 2.20. The van der Waals surface area contributed by atoms with Gasteiger partial charge in [-0.25, -0.2) is 0 Å². The van der Waals surface area contributed by atoms with E-state index in [2.05, 4.69) is 32.0 Å². The molecule has 2 aromatic rings. The molecule has 0 saturated carbocycles. The number of thioether (sulfide) groups is 1. The van der Waals surface area contributed by atoms with E-state index in [9.17, 15) is 4.79 Å². The summed E-state index contributed by atoms with van der Waals surface area (Å²) >= 11 is 1.44. The predicted molar refractivity (Wildman–Crippen MR) is 87.5 cm³/mol. The predicted octanol–water partition coefficient (Wildman–Crippen LogP) is 2.37. The lowest BCUT2D eigenvalue weighted by molar-refractivity contribution is -0.120. The van der Waals surface area contributed by atoms with E-state index in [0.717, 1.165) is 29.5 Å². The average Bonchev–Trinajstić information content (AvgIpc) is 2.91. The van der Waals surface area contributed by atoms with E-state index >= 15 is 0 Å². The van der Waals surface area contributed by atoms with Gasteiger partial charge in [0.2, 0.25) is 5.91 Å². The van der Waals surface area contributed by atoms with Crippen LogP contribution in [0.25, 0.3) is 11.4 Å². The third-order valence-corrected chi connectivity index (χ3v) is 4.19. The lowest BCUT2D eigenvalue weighted by atomic mass is 10.2. The van der Waals surface area contributed by atoms with Gasteiger partial charge in [-0.15, -0.1) is 10.2 Å². The van der Waals surface area contributed by atoms with Gasteiger partial charge in [-0.2, -0.15) is 0 Å². The van der Waals surface area contributed by atoms with E-state index in [0.29, 0.717) is 6.54 Å². The summed E-state index contributed by atoms with van der Waals surface area (Å²) in [6.45, 7) is 7.35. The number of aromatic nitrogens is 4. The normalized spacial score (nSPS) is 12.1. The fourth-order valence-corrected chi connectivity index (χ4v) is 2.94. The Morgan fingerprint density at radius 3 is 2.68 bits per heavy atom. The molecule has 2 rings (SSSR count). The molecule has 7 heteroatoms. The Bertz CT molecular complexity index is 614. The lowest BCUT2D eigenvalue weighted by Crippen LogP contribution is -2.30. The summed E-state index contributed by atoms with van der Waals surface area (Å²) in [4.78, 5) is 15.9. The quantitative estimate of drug-likeness (QED) is 0.793. The Morgan fingerprint density at radius 2 is 2.05 bits per heavy atom. The van der Waals surface area contributed by atoms with Crippen molar-refractivity contribution in [2.24, 2.45) is 0 Å². The van der Waals surface area contributed by atoms with Crippen LogP contribution in [-0.4, -0.2) is 37.5 Å². The number of nitrogens with zero attached hydrogens (tertiary/aromatic N) is 4. The fraction of sp³-hybridized carbons (Fsp3) is 0.467. The number of pyridine rings is 1. The van der Waals surface area contributed by atoms with Gasteiger partial charge in [0.1, 0.15) is 0 Å². The lowest BCUT2D eigenvalue weighted by Gasteiger charge is -2.12. The van der Waals surface area contributed by atoms with Crippen molar-refractivity contribution in [3.8, 4) is 11.4 Å². The van der Waals surface area contributed by atoms with Crippen LogP contribution in [0.15, 0.2) is 29.7 Å². The van der Waals surface area contributed by atoms with Gasteiger partial charge in [0.25, 0.3) is 0 Å². The van der Waals surface area contributed by atoms with Gasteiger partial charge >= 0.3 is 0 Å². The molecule has 0 aliphatic heterocycles. The molecule has 2 aromatic heterocycles. The summed E-state index contributed by atoms with van der Waals surface area (Å²) in [5, 5.41) is 12.0. The second-order valence-electron chi connectivity index (χ2n) is 4.85. The van der Waals surface area contributed by atoms with Crippen molar-refractivity contribution in [1.82, 2.24) is 25.1 Å². The number of hydrogen-bond donors (Lipinski definition) is 1. The van der Waals surface area contributed by atoms with Gasteiger partial charge in [0.05, 0.1) is 5.25 Å². The largest absolute Gasteiger partial charge is 0.355 e. The summed E-state index contributed by atoms with van der Waals surface area (Å²) in [5.41, 5.74) is 0.980. The third kappa shape index (κ3) is 3.85. The smallest absolute Gasteiger partial charge is 0.233 e. The second-order valence-corrected chi connectivity index (χ2v) is 6.16. The van der Waals surface area contributed by atoms with Crippen LogP contribution >= 0.6 is 11.8 Å². The Hall–Kier alpha value is -1.89. The van der Waals surface area contributed by atoms with Crippen molar-refractivity contribution in [2.75, 3.05) is 6.54 Å². The molecule has 118 valence electrons. The molecule has 0 aliphatic carbocycles. The van der Waals surface area contributed by atoms with Gasteiger partial charge in [-0.3, -0.25) is 9.78 Å². The highest BCUT2D eigenvalue weighted by atomic mass is 32.2. The number of hydrogen-bond acceptors (Lipinski definition) is 5. The number of rotatable bonds is 7. The zero-order valence-electron chi connectivity index (χ0n) is 13.1. The molecule has 0 aromatic carbocycles. The van der Waals surface area contributed by atoms with Crippen LogP contribution in [0.3, 0.4) is 0 Å². The molecule has 1 N–H and O–H groups in total. The van der Waals surface area contributed by atoms with E-state index in [1.54, 1.807) is 12.4 Å². The van der Waals surface area contributed by atoms with Gasteiger partial charge in [-0.1, -0.05) is 18.7 Å². The Morgan fingerprint density at radius 1 is 1.32 bits per heavy atom. The highest BCUT2D eigenvalue weighted by molar-refractivity contribution is 8.00. The molecule has 1 atom stereocenters. The zero-order chi connectivity index (χ0) is 15.9. The molecule has 0 spiro atoms. The van der Waals surface area contributed by atoms with E-state index in [1.165, 1.54) is 11.8 Å². The van der Waals surface area contributed by atoms with Crippen LogP contribution in [-0.2, 0) is 11.3 Å². The van der Waals surface area contributed by atoms with Crippen LogP contribution in [0.2, 0.25) is 0 Å². The summed E-state index contributed by atoms with van der Waals surface area (Å²) < 4.78 is 2.07. The molecule has 1 amide bonds. The number of nitrogens with one attached hydrogen (secondary N) is 1. The Kier molecular flexibility index (Phi) is 5.94. The molecule has 0 saturated heterocycles. The monoisotopic (exact) mass is 319 g/mol. The minimum absolute atomic E-state index is 0.0176. The minimum atomic E-state index is -0.204. The molecule has 2 heterocycles. The molecule has 0 bridgehead atoms. The van der Waals surface area contributed by atoms with Gasteiger partial charge in [0.15, 0.2) is 11.0 Å². The molecular formula is C15H21N5OS. The number of amides is 1. The standard InChI is InChI=1S/C15H21N5OS/c1-4-10-20-13(12-6-8-16-9-7-12)18-19-15(20)22-11(3)14(21)17-5-2/h6-9,11H,4-5,10H2,1-3H3,(H,17,21)/t11-/m1/s1. The fourth-order valence-electron chi connectivity index (χ4n) is 2.05. The highest BCUT2D eigenvalue weighted by Crippen LogP contribution is 2.26. The average molecular weight is 319 g/mol. The molecule has 0 fully saturated rings. The first-order valence-corrected chi connectivity index (χ1v) is 8.33. The minimum Gasteiger partial charge on any atom is -0.355 e. The maximum Gasteiger partial charge on any atom is 0.233 e. The number of carbonyl (C=O) groups excluding carboxylic acids is 1. The first-order valence-electron chi connectivity index (χ1n) is 7.45. The topological polar surface area (TPSA) is 72.7 Å². The van der Waals surface area contributed by atoms with Crippen molar-refractivity contribution < 1.29 is 4.79 Å². The SMILES string of the molecule is CCCn1c(S[C@H](C)C(=O)NCC)nnc1-c1ccncc1. The first kappa shape index (κ1) is 16.5. The maximum atomic E-state index is 11.9. The summed E-state index contributed by atoms with van der Waals surface area (Å²) in [6, 6.07) is 3.83. The molecule has 6 nitrogen and oxygen atoms in total. The van der Waals surface area contributed by atoms with Crippen LogP contribution in [0.1, 0.15) is 27.2 Å². The summed E-state index contributed by atoms with van der Waals surface area (Å²) in [5.74, 6) is 0.832. The van der Waals surface area contributed by atoms with Crippen molar-refractivity contribution in [3.05, 3.63) is 24.5 Å². The summed E-state index contributed by atoms with van der Waals surface area (Å²) in [6.07, 6.45) is 4.45. The van der Waals surface area contributed by atoms with Gasteiger partial charge in [-0.05, 0) is 32.4 Å². The first-order chi connectivity index (χ1) is 10.7. The van der Waals surface area contributed by atoms with Gasteiger partial charge in [0, 0.05) is 31.0 Å². The van der Waals surface area contributed by atoms with Gasteiger partial charge < -0.3 is 9.88 Å². The molecule has 0 aliphatic rings. The molecule has 0 unspecified atom stereocenters. The van der Waals surface area contributed by atoms with Crippen LogP contribution in [0.4, 0.5) is 0 Å². The van der Waals surface area contributed by atoms with Crippen molar-refractivity contribution in [2.45, 2.75) is 44.1 Å². The van der Waals surface area contributed by atoms with Crippen LogP contribution in [0, 0.1) is 0 Å². The zero-order valence-corrected chi connectivity index (χ0v) is 13.9.